The van der Waals surface area contributed by atoms with Crippen molar-refractivity contribution in [3.05, 3.63) is 144 Å². The molecule has 0 saturated heterocycles. The highest BCUT2D eigenvalue weighted by molar-refractivity contribution is 7.32. The largest absolute Gasteiger partial charge is 0.453 e. The zero-order valence-corrected chi connectivity index (χ0v) is 38.7. The Labute approximate surface area is 355 Å². The van der Waals surface area contributed by atoms with Gasteiger partial charge in [-0.1, -0.05) is 168 Å². The summed E-state index contributed by atoms with van der Waals surface area (Å²) in [4.78, 5) is 0. The van der Waals surface area contributed by atoms with Crippen molar-refractivity contribution in [3.8, 4) is 22.6 Å². The monoisotopic (exact) mass is 838 g/mol. The van der Waals surface area contributed by atoms with E-state index >= 15 is 0 Å². The van der Waals surface area contributed by atoms with Gasteiger partial charge in [-0.05, 0) is 69.2 Å². The highest BCUT2D eigenvalue weighted by Gasteiger charge is 2.29. The maximum Gasteiger partial charge on any atom is 0.453 e. The topological polar surface area (TPSA) is 71.0 Å². The van der Waals surface area contributed by atoms with Gasteiger partial charge in [0.15, 0.2) is 0 Å². The average Bonchev–Trinajstić information content (AvgIpc) is 3.43. The number of hydrogen-bond acceptors (Lipinski definition) is 6. The van der Waals surface area contributed by atoms with Crippen LogP contribution in [0, 0.1) is 0 Å². The van der Waals surface area contributed by atoms with E-state index < -0.39 is 16.5 Å². The predicted octanol–water partition coefficient (Wildman–Crippen LogP) is 17.4. The summed E-state index contributed by atoms with van der Waals surface area (Å²) in [6, 6.07) is 41.0. The van der Waals surface area contributed by atoms with Gasteiger partial charge >= 0.3 is 16.5 Å². The summed E-state index contributed by atoms with van der Waals surface area (Å²) in [5.74, 6) is 1.19. The minimum absolute atomic E-state index is 0.104. The molecule has 8 aromatic rings. The number of benzene rings is 6. The molecule has 0 unspecified atom stereocenters. The van der Waals surface area contributed by atoms with Gasteiger partial charge in [0, 0.05) is 43.8 Å². The van der Waals surface area contributed by atoms with Crippen LogP contribution in [0.25, 0.3) is 55.0 Å². The molecule has 8 heteroatoms. The number of hydrogen-bond donors (Lipinski definition) is 0. The summed E-state index contributed by atoms with van der Waals surface area (Å²) >= 11 is 0. The molecule has 6 nitrogen and oxygen atoms in total. The summed E-state index contributed by atoms with van der Waals surface area (Å²) in [6.45, 7) is 27.1. The fraction of sp³-hybridized carbons (Fsp3) is 0.308. The molecular formula is C52H56O6P2. The number of para-hydroxylation sites is 4. The quantitative estimate of drug-likeness (QED) is 0.172. The Kier molecular flexibility index (Phi) is 10.6. The van der Waals surface area contributed by atoms with Gasteiger partial charge in [0.05, 0.1) is 0 Å². The second-order valence-electron chi connectivity index (χ2n) is 19.8. The van der Waals surface area contributed by atoms with Crippen molar-refractivity contribution < 1.29 is 25.8 Å². The molecule has 0 aliphatic rings. The van der Waals surface area contributed by atoms with Gasteiger partial charge in [0.25, 0.3) is 0 Å². The number of fused-ring (bicyclic) bond motifs is 6. The maximum atomic E-state index is 7.14. The second-order valence-corrected chi connectivity index (χ2v) is 21.8. The van der Waals surface area contributed by atoms with Crippen molar-refractivity contribution in [2.75, 3.05) is 0 Å². The molecule has 0 fully saturated rings. The van der Waals surface area contributed by atoms with Crippen LogP contribution >= 0.6 is 16.5 Å². The molecule has 0 aliphatic heterocycles. The van der Waals surface area contributed by atoms with Gasteiger partial charge in [-0.2, -0.15) is 0 Å². The van der Waals surface area contributed by atoms with Gasteiger partial charge in [0.2, 0.25) is 0 Å². The van der Waals surface area contributed by atoms with E-state index in [1.807, 2.05) is 97.1 Å². The van der Waals surface area contributed by atoms with Crippen LogP contribution in [-0.2, 0) is 21.7 Å². The lowest BCUT2D eigenvalue weighted by molar-refractivity contribution is 0.487. The first-order chi connectivity index (χ1) is 28.3. The van der Waals surface area contributed by atoms with Gasteiger partial charge in [0.1, 0.15) is 33.8 Å². The average molecular weight is 839 g/mol. The molecule has 2 heterocycles. The third-order valence-electron chi connectivity index (χ3n) is 11.0. The first-order valence-corrected chi connectivity index (χ1v) is 22.9. The van der Waals surface area contributed by atoms with Crippen molar-refractivity contribution in [2.24, 2.45) is 0 Å². The molecule has 0 radical (unpaired) electrons. The van der Waals surface area contributed by atoms with Crippen molar-refractivity contribution in [3.63, 3.8) is 0 Å². The van der Waals surface area contributed by atoms with E-state index in [9.17, 15) is 0 Å². The van der Waals surface area contributed by atoms with E-state index in [1.54, 1.807) is 0 Å². The molecule has 2 aromatic heterocycles. The molecule has 0 bridgehead atoms. The highest BCUT2D eigenvalue weighted by Crippen LogP contribution is 2.49. The SMILES string of the molecule is CC(C)(C)c1cc(C(C)(C)C)c2op(Oc3ccccc3-c3ccccc3Op3oc4ccccc4c4ccccc4o3)oc3c(C(C)(C)C)cc(C(C)(C)C)cc3c2c1. The Morgan fingerprint density at radius 2 is 0.717 bits per heavy atom. The Hall–Kier alpha value is -5.28. The van der Waals surface area contributed by atoms with E-state index in [0.717, 1.165) is 55.0 Å². The summed E-state index contributed by atoms with van der Waals surface area (Å²) < 4.78 is 40.9. The minimum Gasteiger partial charge on any atom is -0.390 e. The molecule has 8 rings (SSSR count). The molecule has 60 heavy (non-hydrogen) atoms. The van der Waals surface area contributed by atoms with Crippen LogP contribution < -0.4 is 9.05 Å². The molecule has 0 spiro atoms. The lowest BCUT2D eigenvalue weighted by Gasteiger charge is -2.27. The van der Waals surface area contributed by atoms with E-state index in [-0.39, 0.29) is 21.7 Å². The first kappa shape index (κ1) is 41.5. The summed E-state index contributed by atoms with van der Waals surface area (Å²) in [5, 5.41) is 3.95. The Morgan fingerprint density at radius 1 is 0.367 bits per heavy atom. The third-order valence-corrected chi connectivity index (χ3v) is 13.0. The van der Waals surface area contributed by atoms with Gasteiger partial charge < -0.3 is 25.8 Å². The summed E-state index contributed by atoms with van der Waals surface area (Å²) in [7, 11) is -3.91. The fourth-order valence-corrected chi connectivity index (χ4v) is 9.69. The fourth-order valence-electron chi connectivity index (χ4n) is 7.49. The molecule has 0 amide bonds. The van der Waals surface area contributed by atoms with Crippen LogP contribution in [0.2, 0.25) is 0 Å². The van der Waals surface area contributed by atoms with Crippen LogP contribution in [0.5, 0.6) is 11.5 Å². The summed E-state index contributed by atoms with van der Waals surface area (Å²) in [5.41, 5.74) is 8.61. The molecule has 0 N–H and O–H groups in total. The van der Waals surface area contributed by atoms with Crippen LogP contribution in [0.1, 0.15) is 105 Å². The van der Waals surface area contributed by atoms with Gasteiger partial charge in [-0.3, -0.25) is 0 Å². The number of rotatable bonds is 5. The Morgan fingerprint density at radius 3 is 1.10 bits per heavy atom. The van der Waals surface area contributed by atoms with E-state index in [2.05, 4.69) is 107 Å². The highest BCUT2D eigenvalue weighted by atomic mass is 31.1. The normalized spacial score (nSPS) is 12.7. The van der Waals surface area contributed by atoms with Crippen molar-refractivity contribution in [1.82, 2.24) is 0 Å². The van der Waals surface area contributed by atoms with E-state index in [1.165, 1.54) is 11.1 Å². The zero-order chi connectivity index (χ0) is 42.8. The predicted molar refractivity (Wildman–Crippen MR) is 251 cm³/mol. The molecule has 0 atom stereocenters. The smallest absolute Gasteiger partial charge is 0.390 e. The van der Waals surface area contributed by atoms with Crippen LogP contribution in [-0.4, -0.2) is 0 Å². The van der Waals surface area contributed by atoms with E-state index in [4.69, 9.17) is 25.8 Å². The van der Waals surface area contributed by atoms with Crippen LogP contribution in [0.15, 0.2) is 138 Å². The zero-order valence-electron chi connectivity index (χ0n) is 36.9. The Bertz CT molecular complexity index is 2830. The first-order valence-electron chi connectivity index (χ1n) is 20.7. The van der Waals surface area contributed by atoms with Crippen LogP contribution in [0.3, 0.4) is 0 Å². The third kappa shape index (κ3) is 8.25. The summed E-state index contributed by atoms with van der Waals surface area (Å²) in [6.07, 6.45) is 0. The molecule has 310 valence electrons. The second kappa shape index (κ2) is 15.3. The van der Waals surface area contributed by atoms with Crippen molar-refractivity contribution >= 4 is 60.4 Å². The van der Waals surface area contributed by atoms with Crippen LogP contribution in [0.4, 0.5) is 0 Å². The lowest BCUT2D eigenvalue weighted by atomic mass is 9.77. The van der Waals surface area contributed by atoms with Crippen molar-refractivity contribution in [2.45, 2.75) is 105 Å². The van der Waals surface area contributed by atoms with Crippen molar-refractivity contribution in [1.29, 1.82) is 0 Å². The molecule has 0 aliphatic carbocycles. The van der Waals surface area contributed by atoms with E-state index in [0.29, 0.717) is 22.7 Å². The molecule has 0 saturated carbocycles. The Balaban J connectivity index is 1.35. The van der Waals surface area contributed by atoms with Gasteiger partial charge in [-0.25, -0.2) is 0 Å². The molecular weight excluding hydrogens is 783 g/mol. The molecule has 6 aromatic carbocycles. The standard InChI is InChI=1S/C52H56O6P2/c1-49(2,3)33-29-39-40-30-34(50(4,5)6)32-42(52(10,11)12)48(40)58-60(57-47(39)41(31-33)51(7,8)9)56-46-28-20-16-24-38(46)37-23-15-19-27-45(37)55-59-53-43-25-17-13-21-35(43)36-22-14-18-26-44(36)54-59/h13-32H,1-12H3. The lowest BCUT2D eigenvalue weighted by Crippen LogP contribution is -2.17. The maximum absolute atomic E-state index is 7.14. The van der Waals surface area contributed by atoms with Gasteiger partial charge in [-0.15, -0.1) is 0 Å². The minimum atomic E-state index is -2.03.